The van der Waals surface area contributed by atoms with Crippen LogP contribution in [0.3, 0.4) is 0 Å². The van der Waals surface area contributed by atoms with Crippen molar-refractivity contribution >= 4 is 0 Å². The summed E-state index contributed by atoms with van der Waals surface area (Å²) in [6.07, 6.45) is 8.48. The van der Waals surface area contributed by atoms with Crippen LogP contribution in [0.1, 0.15) is 57.6 Å². The van der Waals surface area contributed by atoms with Gasteiger partial charge in [-0.15, -0.1) is 0 Å². The fraction of sp³-hybridized carbons (Fsp3) is 0.355. The summed E-state index contributed by atoms with van der Waals surface area (Å²) < 4.78 is 55.6. The maximum absolute atomic E-state index is 15.0. The number of rotatable bonds is 9. The Kier molecular flexibility index (Phi) is 8.87. The van der Waals surface area contributed by atoms with Crippen molar-refractivity contribution in [3.05, 3.63) is 89.8 Å². The van der Waals surface area contributed by atoms with E-state index in [1.807, 2.05) is 19.1 Å². The zero-order valence-corrected chi connectivity index (χ0v) is 20.9. The van der Waals surface area contributed by atoms with Crippen LogP contribution in [-0.2, 0) is 4.74 Å². The SMILES string of the molecule is C/C=C/C1CCC(c2ccc(-c3ccc(-c4ccc(OCCCCC)c(F)c4F)cc3)cc2F)OC1. The average Bonchev–Trinajstić information content (AvgIpc) is 2.90. The second-order valence-corrected chi connectivity index (χ2v) is 9.29. The minimum absolute atomic E-state index is 0.0705. The van der Waals surface area contributed by atoms with Gasteiger partial charge in [0.2, 0.25) is 5.82 Å². The molecular formula is C31H33F3O2. The van der Waals surface area contributed by atoms with Gasteiger partial charge in [-0.1, -0.05) is 68.3 Å². The van der Waals surface area contributed by atoms with Crippen molar-refractivity contribution in [3.8, 4) is 28.0 Å². The lowest BCUT2D eigenvalue weighted by Gasteiger charge is -2.28. The number of ether oxygens (including phenoxy) is 2. The standard InChI is InChI=1S/C31H33F3O2/c1-3-5-6-18-35-29-17-15-25(30(33)31(29)34)23-11-9-22(10-12-23)24-13-14-26(27(32)19-24)28-16-8-21(7-4-2)20-36-28/h4,7,9-15,17,19,21,28H,3,5-6,8,16,18,20H2,1-2H3/b7-4+. The summed E-state index contributed by atoms with van der Waals surface area (Å²) in [6, 6.07) is 15.2. The molecule has 1 aliphatic rings. The van der Waals surface area contributed by atoms with E-state index >= 15 is 0 Å². The third kappa shape index (κ3) is 6.01. The van der Waals surface area contributed by atoms with Gasteiger partial charge in [0.15, 0.2) is 11.6 Å². The number of hydrogen-bond acceptors (Lipinski definition) is 2. The average molecular weight is 495 g/mol. The van der Waals surface area contributed by atoms with Crippen molar-refractivity contribution in [1.29, 1.82) is 0 Å². The van der Waals surface area contributed by atoms with Crippen LogP contribution in [0.25, 0.3) is 22.3 Å². The van der Waals surface area contributed by atoms with Gasteiger partial charge in [0.05, 0.1) is 19.3 Å². The van der Waals surface area contributed by atoms with Crippen LogP contribution < -0.4 is 4.74 Å². The lowest BCUT2D eigenvalue weighted by atomic mass is 9.93. The Morgan fingerprint density at radius 3 is 2.31 bits per heavy atom. The highest BCUT2D eigenvalue weighted by molar-refractivity contribution is 5.71. The topological polar surface area (TPSA) is 18.5 Å². The highest BCUT2D eigenvalue weighted by atomic mass is 19.2. The normalized spacial score (nSPS) is 18.0. The maximum atomic E-state index is 15.0. The van der Waals surface area contributed by atoms with Crippen LogP contribution in [0.5, 0.6) is 5.75 Å². The molecule has 0 spiro atoms. The molecule has 5 heteroatoms. The van der Waals surface area contributed by atoms with Gasteiger partial charge in [-0.05, 0) is 61.1 Å². The molecule has 0 saturated carbocycles. The first-order valence-electron chi connectivity index (χ1n) is 12.8. The summed E-state index contributed by atoms with van der Waals surface area (Å²) in [6.45, 7) is 5.02. The molecule has 0 aliphatic carbocycles. The molecule has 1 saturated heterocycles. The van der Waals surface area contributed by atoms with E-state index in [1.54, 1.807) is 30.3 Å². The number of halogens is 3. The van der Waals surface area contributed by atoms with Crippen LogP contribution in [0.2, 0.25) is 0 Å². The smallest absolute Gasteiger partial charge is 0.201 e. The minimum Gasteiger partial charge on any atom is -0.490 e. The monoisotopic (exact) mass is 494 g/mol. The molecule has 0 bridgehead atoms. The molecule has 36 heavy (non-hydrogen) atoms. The molecule has 3 aromatic rings. The highest BCUT2D eigenvalue weighted by Gasteiger charge is 2.24. The molecule has 0 amide bonds. The molecule has 2 nitrogen and oxygen atoms in total. The molecule has 190 valence electrons. The Balaban J connectivity index is 1.46. The molecule has 1 aliphatic heterocycles. The van der Waals surface area contributed by atoms with Crippen molar-refractivity contribution in [1.82, 2.24) is 0 Å². The van der Waals surface area contributed by atoms with E-state index in [2.05, 4.69) is 13.0 Å². The Morgan fingerprint density at radius 1 is 0.889 bits per heavy atom. The molecule has 1 heterocycles. The Morgan fingerprint density at radius 2 is 1.64 bits per heavy atom. The fourth-order valence-electron chi connectivity index (χ4n) is 4.65. The summed E-state index contributed by atoms with van der Waals surface area (Å²) in [5.41, 5.74) is 2.78. The van der Waals surface area contributed by atoms with Crippen molar-refractivity contribution < 1.29 is 22.6 Å². The predicted octanol–water partition coefficient (Wildman–Crippen LogP) is 9.05. The van der Waals surface area contributed by atoms with E-state index in [0.29, 0.717) is 35.8 Å². The van der Waals surface area contributed by atoms with E-state index in [4.69, 9.17) is 9.47 Å². The van der Waals surface area contributed by atoms with E-state index in [-0.39, 0.29) is 23.2 Å². The van der Waals surface area contributed by atoms with Gasteiger partial charge in [0.25, 0.3) is 0 Å². The quantitative estimate of drug-likeness (QED) is 0.218. The van der Waals surface area contributed by atoms with E-state index in [1.165, 1.54) is 18.2 Å². The second kappa shape index (κ2) is 12.3. The largest absolute Gasteiger partial charge is 0.490 e. The molecular weight excluding hydrogens is 461 g/mol. The first-order chi connectivity index (χ1) is 17.5. The Bertz CT molecular complexity index is 1180. The summed E-state index contributed by atoms with van der Waals surface area (Å²) in [5, 5.41) is 0. The summed E-state index contributed by atoms with van der Waals surface area (Å²) in [7, 11) is 0. The number of unbranched alkanes of at least 4 members (excludes halogenated alkanes) is 2. The first-order valence-corrected chi connectivity index (χ1v) is 12.8. The number of benzene rings is 3. The summed E-state index contributed by atoms with van der Waals surface area (Å²) >= 11 is 0. The molecule has 3 aromatic carbocycles. The van der Waals surface area contributed by atoms with Gasteiger partial charge in [0.1, 0.15) is 5.82 Å². The Hall–Kier alpha value is -3.05. The van der Waals surface area contributed by atoms with Gasteiger partial charge in [0, 0.05) is 17.0 Å². The molecule has 2 atom stereocenters. The predicted molar refractivity (Wildman–Crippen MR) is 138 cm³/mol. The summed E-state index contributed by atoms with van der Waals surface area (Å²) in [5.74, 6) is -1.89. The zero-order valence-electron chi connectivity index (χ0n) is 20.9. The van der Waals surface area contributed by atoms with Crippen molar-refractivity contribution in [2.75, 3.05) is 13.2 Å². The maximum Gasteiger partial charge on any atom is 0.201 e. The van der Waals surface area contributed by atoms with Gasteiger partial charge in [-0.25, -0.2) is 8.78 Å². The number of hydrogen-bond donors (Lipinski definition) is 0. The van der Waals surface area contributed by atoms with Crippen molar-refractivity contribution in [2.24, 2.45) is 5.92 Å². The molecule has 0 radical (unpaired) electrons. The molecule has 0 aromatic heterocycles. The van der Waals surface area contributed by atoms with Crippen molar-refractivity contribution in [2.45, 2.75) is 52.1 Å². The van der Waals surface area contributed by atoms with Gasteiger partial charge in [-0.3, -0.25) is 0 Å². The molecule has 2 unspecified atom stereocenters. The van der Waals surface area contributed by atoms with Crippen LogP contribution in [0.15, 0.2) is 66.7 Å². The molecule has 1 fully saturated rings. The van der Waals surface area contributed by atoms with Crippen LogP contribution in [0, 0.1) is 23.4 Å². The van der Waals surface area contributed by atoms with Gasteiger partial charge in [-0.2, -0.15) is 4.39 Å². The van der Waals surface area contributed by atoms with Crippen molar-refractivity contribution in [3.63, 3.8) is 0 Å². The first kappa shape index (κ1) is 26.0. The third-order valence-electron chi connectivity index (χ3n) is 6.70. The lowest BCUT2D eigenvalue weighted by molar-refractivity contribution is -0.00711. The van der Waals surface area contributed by atoms with Crippen LogP contribution in [0.4, 0.5) is 13.2 Å². The number of allylic oxidation sites excluding steroid dienone is 1. The molecule has 4 rings (SSSR count). The molecule has 0 N–H and O–H groups in total. The summed E-state index contributed by atoms with van der Waals surface area (Å²) in [4.78, 5) is 0. The van der Waals surface area contributed by atoms with Gasteiger partial charge < -0.3 is 9.47 Å². The lowest BCUT2D eigenvalue weighted by Crippen LogP contribution is -2.20. The second-order valence-electron chi connectivity index (χ2n) is 9.29. The third-order valence-corrected chi connectivity index (χ3v) is 6.70. The van der Waals surface area contributed by atoms with E-state index in [9.17, 15) is 13.2 Å². The van der Waals surface area contributed by atoms with E-state index < -0.39 is 11.6 Å². The fourth-order valence-corrected chi connectivity index (χ4v) is 4.65. The van der Waals surface area contributed by atoms with E-state index in [0.717, 1.165) is 37.7 Å². The minimum atomic E-state index is -0.979. The van der Waals surface area contributed by atoms with Gasteiger partial charge >= 0.3 is 0 Å². The van der Waals surface area contributed by atoms with Crippen LogP contribution in [-0.4, -0.2) is 13.2 Å². The Labute approximate surface area is 211 Å². The van der Waals surface area contributed by atoms with Crippen LogP contribution >= 0.6 is 0 Å². The zero-order chi connectivity index (χ0) is 25.5. The highest BCUT2D eigenvalue weighted by Crippen LogP contribution is 2.35.